The first-order valence-electron chi connectivity index (χ1n) is 13.1. The molecule has 0 saturated carbocycles. The molecule has 11 nitrogen and oxygen atoms in total. The Morgan fingerprint density at radius 3 is 2.37 bits per heavy atom. The highest BCUT2D eigenvalue weighted by molar-refractivity contribution is 7.91. The lowest BCUT2D eigenvalue weighted by molar-refractivity contribution is 0.102. The van der Waals surface area contributed by atoms with Crippen molar-refractivity contribution in [1.82, 2.24) is 14.7 Å². The zero-order valence-corrected chi connectivity index (χ0v) is 24.7. The van der Waals surface area contributed by atoms with Crippen molar-refractivity contribution in [2.24, 2.45) is 0 Å². The van der Waals surface area contributed by atoms with E-state index in [-0.39, 0.29) is 33.2 Å². The van der Waals surface area contributed by atoms with Crippen molar-refractivity contribution in [2.45, 2.75) is 29.2 Å². The third kappa shape index (κ3) is 6.98. The summed E-state index contributed by atoms with van der Waals surface area (Å²) in [5, 5.41) is 19.4. The summed E-state index contributed by atoms with van der Waals surface area (Å²) in [7, 11) is 1.06. The molecule has 228 valence electrons. The number of rotatable bonds is 11. The number of benzene rings is 3. The number of methoxy groups -OCH3 is 1. The van der Waals surface area contributed by atoms with E-state index in [1.54, 1.807) is 13.2 Å². The van der Waals surface area contributed by atoms with Gasteiger partial charge in [0.1, 0.15) is 11.6 Å². The van der Waals surface area contributed by atoms with Crippen LogP contribution >= 0.6 is 0 Å². The van der Waals surface area contributed by atoms with Crippen LogP contribution in [0.4, 0.5) is 25.1 Å². The van der Waals surface area contributed by atoms with Gasteiger partial charge in [0.2, 0.25) is 9.84 Å². The van der Waals surface area contributed by atoms with Crippen LogP contribution in [0.25, 0.3) is 10.9 Å². The first-order chi connectivity index (χ1) is 20.3. The molecule has 1 amide bonds. The summed E-state index contributed by atoms with van der Waals surface area (Å²) in [5.41, 5.74) is 1.70. The molecule has 3 N–H and O–H groups in total. The molecular formula is C29H31F2N5O6S. The number of hydrogen-bond acceptors (Lipinski definition) is 8. The third-order valence-electron chi connectivity index (χ3n) is 6.88. The van der Waals surface area contributed by atoms with E-state index in [0.29, 0.717) is 48.1 Å². The SMILES string of the molecule is COCCNc1cc(CC(C)N(C)C)ccc1C(=O)Nc1nn(C(=O)O)c2ccc(S(=O)(=O)c3cc(F)cc(F)c3)cc12. The van der Waals surface area contributed by atoms with Crippen molar-refractivity contribution in [1.29, 1.82) is 0 Å². The highest BCUT2D eigenvalue weighted by Gasteiger charge is 2.24. The number of fused-ring (bicyclic) bond motifs is 1. The summed E-state index contributed by atoms with van der Waals surface area (Å²) >= 11 is 0. The number of nitrogens with one attached hydrogen (secondary N) is 2. The molecule has 0 fully saturated rings. The van der Waals surface area contributed by atoms with E-state index in [4.69, 9.17) is 4.74 Å². The van der Waals surface area contributed by atoms with Crippen LogP contribution in [0.1, 0.15) is 22.8 Å². The predicted molar refractivity (Wildman–Crippen MR) is 157 cm³/mol. The monoisotopic (exact) mass is 615 g/mol. The number of sulfone groups is 1. The van der Waals surface area contributed by atoms with E-state index in [2.05, 4.69) is 27.6 Å². The zero-order chi connectivity index (χ0) is 31.5. The average molecular weight is 616 g/mol. The van der Waals surface area contributed by atoms with E-state index in [1.165, 1.54) is 6.07 Å². The summed E-state index contributed by atoms with van der Waals surface area (Å²) in [4.78, 5) is 26.5. The number of carbonyl (C=O) groups is 2. The Bertz CT molecular complexity index is 1770. The van der Waals surface area contributed by atoms with Crippen LogP contribution in [-0.4, -0.2) is 80.6 Å². The van der Waals surface area contributed by atoms with Gasteiger partial charge in [-0.05, 0) is 75.5 Å². The first kappa shape index (κ1) is 31.5. The summed E-state index contributed by atoms with van der Waals surface area (Å²) in [6.45, 7) is 2.85. The van der Waals surface area contributed by atoms with Gasteiger partial charge in [0.05, 0.1) is 27.5 Å². The molecule has 0 aliphatic rings. The summed E-state index contributed by atoms with van der Waals surface area (Å²) in [5.74, 6) is -3.02. The van der Waals surface area contributed by atoms with Crippen LogP contribution < -0.4 is 10.6 Å². The van der Waals surface area contributed by atoms with Crippen LogP contribution in [0, 0.1) is 11.6 Å². The van der Waals surface area contributed by atoms with Crippen molar-refractivity contribution in [3.63, 3.8) is 0 Å². The number of carbonyl (C=O) groups excluding carboxylic acids is 1. The molecule has 4 aromatic rings. The molecule has 3 aromatic carbocycles. The molecule has 43 heavy (non-hydrogen) atoms. The molecule has 0 radical (unpaired) electrons. The highest BCUT2D eigenvalue weighted by atomic mass is 32.2. The van der Waals surface area contributed by atoms with Gasteiger partial charge in [-0.1, -0.05) is 6.07 Å². The van der Waals surface area contributed by atoms with Crippen molar-refractivity contribution in [3.05, 3.63) is 77.4 Å². The van der Waals surface area contributed by atoms with Crippen molar-refractivity contribution in [2.75, 3.05) is 45.0 Å². The van der Waals surface area contributed by atoms with Crippen LogP contribution in [0.2, 0.25) is 0 Å². The number of carboxylic acid groups (broad SMARTS) is 1. The van der Waals surface area contributed by atoms with Gasteiger partial charge in [0.15, 0.2) is 5.82 Å². The Morgan fingerprint density at radius 1 is 1.05 bits per heavy atom. The van der Waals surface area contributed by atoms with Crippen molar-refractivity contribution < 1.29 is 36.6 Å². The number of amides is 1. The summed E-state index contributed by atoms with van der Waals surface area (Å²) in [6, 6.07) is 10.8. The van der Waals surface area contributed by atoms with Gasteiger partial charge in [0.25, 0.3) is 5.91 Å². The Kier molecular flexibility index (Phi) is 9.43. The minimum atomic E-state index is -4.43. The standard InChI is InChI=1S/C29H31F2N5O6S/c1-17(35(2)3)11-18-5-7-23(25(12-18)32-9-10-42-4)28(37)33-27-24-16-21(6-8-26(24)36(34-27)29(38)39)43(40,41)22-14-19(30)13-20(31)15-22/h5-8,12-17,32H,9-11H2,1-4H3,(H,38,39)(H,33,34,37). The second-order valence-corrected chi connectivity index (χ2v) is 12.1. The molecule has 1 aromatic heterocycles. The minimum absolute atomic E-state index is 0.0148. The number of likely N-dealkylation sites (N-methyl/N-ethyl adjacent to an activating group) is 1. The predicted octanol–water partition coefficient (Wildman–Crippen LogP) is 4.48. The van der Waals surface area contributed by atoms with Crippen LogP contribution in [0.3, 0.4) is 0 Å². The fourth-order valence-electron chi connectivity index (χ4n) is 4.37. The molecule has 1 atom stereocenters. The minimum Gasteiger partial charge on any atom is -0.463 e. The van der Waals surface area contributed by atoms with Crippen LogP contribution in [0.15, 0.2) is 64.4 Å². The molecule has 14 heteroatoms. The average Bonchev–Trinajstić information content (AvgIpc) is 3.30. The van der Waals surface area contributed by atoms with E-state index in [1.807, 2.05) is 26.2 Å². The third-order valence-corrected chi connectivity index (χ3v) is 8.61. The van der Waals surface area contributed by atoms with Gasteiger partial charge in [-0.2, -0.15) is 4.68 Å². The maximum absolute atomic E-state index is 13.8. The van der Waals surface area contributed by atoms with Gasteiger partial charge >= 0.3 is 6.09 Å². The lowest BCUT2D eigenvalue weighted by Gasteiger charge is -2.20. The number of ether oxygens (including phenoxy) is 1. The van der Waals surface area contributed by atoms with E-state index < -0.39 is 38.4 Å². The number of aromatic nitrogens is 2. The molecule has 4 rings (SSSR count). The smallest absolute Gasteiger partial charge is 0.432 e. The van der Waals surface area contributed by atoms with Gasteiger partial charge < -0.3 is 25.4 Å². The number of nitrogens with zero attached hydrogens (tertiary/aromatic N) is 3. The fraction of sp³-hybridized carbons (Fsp3) is 0.276. The van der Waals surface area contributed by atoms with Gasteiger partial charge in [-0.15, -0.1) is 5.10 Å². The zero-order valence-electron chi connectivity index (χ0n) is 23.9. The van der Waals surface area contributed by atoms with Crippen LogP contribution in [0.5, 0.6) is 0 Å². The second-order valence-electron chi connectivity index (χ2n) is 10.1. The quantitative estimate of drug-likeness (QED) is 0.208. The molecule has 0 saturated heterocycles. The van der Waals surface area contributed by atoms with E-state index in [9.17, 15) is 31.9 Å². The Hall–Kier alpha value is -4.40. The molecule has 0 bridgehead atoms. The highest BCUT2D eigenvalue weighted by Crippen LogP contribution is 2.30. The lowest BCUT2D eigenvalue weighted by Crippen LogP contribution is -2.26. The van der Waals surface area contributed by atoms with Crippen LogP contribution in [-0.2, 0) is 21.0 Å². The van der Waals surface area contributed by atoms with Gasteiger partial charge in [0, 0.05) is 36.8 Å². The van der Waals surface area contributed by atoms with Gasteiger partial charge in [-0.3, -0.25) is 4.79 Å². The molecule has 1 heterocycles. The van der Waals surface area contributed by atoms with Crippen molar-refractivity contribution in [3.8, 4) is 0 Å². The van der Waals surface area contributed by atoms with E-state index >= 15 is 0 Å². The largest absolute Gasteiger partial charge is 0.463 e. The molecular weight excluding hydrogens is 584 g/mol. The molecule has 0 aliphatic heterocycles. The first-order valence-corrected chi connectivity index (χ1v) is 14.6. The Balaban J connectivity index is 1.75. The number of halogens is 2. The topological polar surface area (TPSA) is 143 Å². The fourth-order valence-corrected chi connectivity index (χ4v) is 5.70. The molecule has 0 spiro atoms. The Morgan fingerprint density at radius 2 is 1.74 bits per heavy atom. The van der Waals surface area contributed by atoms with E-state index in [0.717, 1.165) is 17.7 Å². The lowest BCUT2D eigenvalue weighted by atomic mass is 10.0. The summed E-state index contributed by atoms with van der Waals surface area (Å²) in [6.07, 6.45) is -0.761. The maximum atomic E-state index is 13.8. The normalized spacial score (nSPS) is 12.4. The van der Waals surface area contributed by atoms with Gasteiger partial charge in [-0.25, -0.2) is 22.0 Å². The molecule has 0 aliphatic carbocycles. The summed E-state index contributed by atoms with van der Waals surface area (Å²) < 4.78 is 59.7. The number of anilines is 2. The van der Waals surface area contributed by atoms with Crippen molar-refractivity contribution >= 4 is 44.2 Å². The second kappa shape index (κ2) is 12.9. The number of hydrogen-bond donors (Lipinski definition) is 3. The molecule has 1 unspecified atom stereocenters. The Labute approximate surface area is 247 Å². The maximum Gasteiger partial charge on any atom is 0.432 e.